The maximum atomic E-state index is 2.54. The zero-order chi connectivity index (χ0) is 41.2. The summed E-state index contributed by atoms with van der Waals surface area (Å²) in [4.78, 5) is 2.54. The van der Waals surface area contributed by atoms with E-state index in [-0.39, 0.29) is 0 Å². The fraction of sp³-hybridized carbons (Fsp3) is 0.0164. The number of hydrogen-bond donors (Lipinski definition) is 0. The lowest BCUT2D eigenvalue weighted by atomic mass is 9.70. The number of para-hydroxylation sites is 2. The normalized spacial score (nSPS) is 13.2. The zero-order valence-corrected chi connectivity index (χ0v) is 34.3. The van der Waals surface area contributed by atoms with E-state index in [1.54, 1.807) is 0 Å². The van der Waals surface area contributed by atoms with E-state index in [9.17, 15) is 0 Å². The first-order valence-electron chi connectivity index (χ1n) is 21.9. The highest BCUT2D eigenvalue weighted by molar-refractivity contribution is 6.29. The van der Waals surface area contributed by atoms with Gasteiger partial charge < -0.3 is 9.47 Å². The maximum absolute atomic E-state index is 2.54. The molecular weight excluding hydrogens is 761 g/mol. The van der Waals surface area contributed by atoms with Gasteiger partial charge in [-0.2, -0.15) is 0 Å². The molecule has 1 heterocycles. The van der Waals surface area contributed by atoms with Gasteiger partial charge >= 0.3 is 0 Å². The van der Waals surface area contributed by atoms with Crippen molar-refractivity contribution in [3.8, 4) is 27.9 Å². The van der Waals surface area contributed by atoms with Crippen molar-refractivity contribution < 1.29 is 0 Å². The Labute approximate surface area is 365 Å². The van der Waals surface area contributed by atoms with E-state index >= 15 is 0 Å². The highest BCUT2D eigenvalue weighted by Gasteiger charge is 2.51. The predicted molar refractivity (Wildman–Crippen MR) is 264 cm³/mol. The lowest BCUT2D eigenvalue weighted by Crippen LogP contribution is -2.26. The lowest BCUT2D eigenvalue weighted by Gasteiger charge is -2.32. The lowest BCUT2D eigenvalue weighted by molar-refractivity contribution is 0.793. The molecule has 0 saturated carbocycles. The molecular formula is C61H38N2. The van der Waals surface area contributed by atoms with Crippen molar-refractivity contribution >= 4 is 71.2 Å². The Kier molecular flexibility index (Phi) is 7.07. The quantitative estimate of drug-likeness (QED) is 0.161. The molecule has 12 aromatic rings. The van der Waals surface area contributed by atoms with Gasteiger partial charge in [0.15, 0.2) is 0 Å². The number of anilines is 3. The van der Waals surface area contributed by atoms with Gasteiger partial charge in [0.2, 0.25) is 0 Å². The molecule has 2 heteroatoms. The van der Waals surface area contributed by atoms with Crippen molar-refractivity contribution in [3.05, 3.63) is 253 Å². The van der Waals surface area contributed by atoms with Gasteiger partial charge in [0, 0.05) is 33.2 Å². The number of hydrogen-bond acceptors (Lipinski definition) is 1. The van der Waals surface area contributed by atoms with Crippen molar-refractivity contribution in [2.75, 3.05) is 4.90 Å². The van der Waals surface area contributed by atoms with Crippen LogP contribution in [-0.4, -0.2) is 4.57 Å². The van der Waals surface area contributed by atoms with Gasteiger partial charge in [-0.15, -0.1) is 0 Å². The molecule has 292 valence electrons. The first-order valence-corrected chi connectivity index (χ1v) is 21.9. The third-order valence-corrected chi connectivity index (χ3v) is 14.2. The Morgan fingerprint density at radius 3 is 1.41 bits per heavy atom. The molecule has 0 bridgehead atoms. The van der Waals surface area contributed by atoms with E-state index in [1.165, 1.54) is 98.6 Å². The van der Waals surface area contributed by atoms with E-state index in [0.29, 0.717) is 0 Å². The predicted octanol–water partition coefficient (Wildman–Crippen LogP) is 16.1. The molecule has 14 rings (SSSR count). The molecule has 1 spiro atoms. The number of aromatic nitrogens is 1. The van der Waals surface area contributed by atoms with Crippen LogP contribution >= 0.6 is 0 Å². The topological polar surface area (TPSA) is 8.17 Å². The molecule has 0 aliphatic heterocycles. The van der Waals surface area contributed by atoms with Gasteiger partial charge in [0.1, 0.15) is 0 Å². The fourth-order valence-electron chi connectivity index (χ4n) is 11.7. The molecule has 0 N–H and O–H groups in total. The molecule has 2 nitrogen and oxygen atoms in total. The van der Waals surface area contributed by atoms with Crippen LogP contribution in [-0.2, 0) is 5.41 Å². The third-order valence-electron chi connectivity index (χ3n) is 14.2. The minimum Gasteiger partial charge on any atom is -0.310 e. The van der Waals surface area contributed by atoms with E-state index in [2.05, 4.69) is 240 Å². The molecule has 0 saturated heterocycles. The Balaban J connectivity index is 1.11. The summed E-state index contributed by atoms with van der Waals surface area (Å²) in [6, 6.07) is 86.0. The highest BCUT2D eigenvalue weighted by atomic mass is 15.1. The molecule has 11 aromatic carbocycles. The second-order valence-electron chi connectivity index (χ2n) is 17.1. The summed E-state index contributed by atoms with van der Waals surface area (Å²) in [5, 5.41) is 10.00. The summed E-state index contributed by atoms with van der Waals surface area (Å²) < 4.78 is 2.43. The summed E-state index contributed by atoms with van der Waals surface area (Å²) in [6.07, 6.45) is 0. The molecule has 1 aromatic heterocycles. The minimum absolute atomic E-state index is 0.466. The van der Waals surface area contributed by atoms with Gasteiger partial charge in [-0.05, 0) is 120 Å². The Morgan fingerprint density at radius 1 is 0.302 bits per heavy atom. The van der Waals surface area contributed by atoms with Crippen LogP contribution in [0, 0.1) is 0 Å². The second-order valence-corrected chi connectivity index (χ2v) is 17.1. The smallest absolute Gasteiger partial charge is 0.0726 e. The van der Waals surface area contributed by atoms with E-state index in [4.69, 9.17) is 0 Å². The molecule has 0 unspecified atom stereocenters. The summed E-state index contributed by atoms with van der Waals surface area (Å²) in [5.41, 5.74) is 17.0. The third kappa shape index (κ3) is 4.57. The van der Waals surface area contributed by atoms with Crippen LogP contribution in [0.1, 0.15) is 22.3 Å². The van der Waals surface area contributed by atoms with Crippen LogP contribution in [0.2, 0.25) is 0 Å². The number of fused-ring (bicyclic) bond motifs is 19. The minimum atomic E-state index is -0.466. The monoisotopic (exact) mass is 798 g/mol. The fourth-order valence-corrected chi connectivity index (χ4v) is 11.7. The molecule has 0 fully saturated rings. The molecule has 2 aliphatic rings. The molecule has 0 radical (unpaired) electrons. The second kappa shape index (κ2) is 12.9. The van der Waals surface area contributed by atoms with Crippen LogP contribution < -0.4 is 4.90 Å². The summed E-state index contributed by atoms with van der Waals surface area (Å²) in [7, 11) is 0. The van der Waals surface area contributed by atoms with Crippen LogP contribution in [0.3, 0.4) is 0 Å². The highest BCUT2D eigenvalue weighted by Crippen LogP contribution is 2.63. The first-order chi connectivity index (χ1) is 31.3. The zero-order valence-electron chi connectivity index (χ0n) is 34.3. The average Bonchev–Trinajstić information content (AvgIpc) is 3.96. The maximum Gasteiger partial charge on any atom is 0.0726 e. The van der Waals surface area contributed by atoms with E-state index < -0.39 is 5.41 Å². The molecule has 0 amide bonds. The molecule has 63 heavy (non-hydrogen) atoms. The van der Waals surface area contributed by atoms with Crippen LogP contribution in [0.15, 0.2) is 231 Å². The largest absolute Gasteiger partial charge is 0.310 e. The van der Waals surface area contributed by atoms with Crippen molar-refractivity contribution in [1.29, 1.82) is 0 Å². The standard InChI is InChI=1S/C61H38N2/c1-2-17-39(18-3-1)63-57-31-15-11-25-49(57)50-36-34-41(38-59(50)63)62(58-32-16-27-52-44-20-5-4-19-42(44)43-21-6-7-26-51(43)60(52)58)40-33-35-48-47-24-10-14-30-55(47)61(56(48)37-40)53-28-12-8-22-45(53)46-23-9-13-29-54(46)61/h1-38H. The number of benzene rings is 11. The van der Waals surface area contributed by atoms with Gasteiger partial charge in [-0.3, -0.25) is 0 Å². The van der Waals surface area contributed by atoms with Crippen molar-refractivity contribution in [2.45, 2.75) is 5.41 Å². The van der Waals surface area contributed by atoms with Crippen molar-refractivity contribution in [1.82, 2.24) is 4.57 Å². The molecule has 2 aliphatic carbocycles. The Bertz CT molecular complexity index is 3760. The van der Waals surface area contributed by atoms with E-state index in [1.807, 2.05) is 0 Å². The summed E-state index contributed by atoms with van der Waals surface area (Å²) in [6.45, 7) is 0. The number of rotatable bonds is 4. The average molecular weight is 799 g/mol. The Morgan fingerprint density at radius 2 is 0.762 bits per heavy atom. The van der Waals surface area contributed by atoms with Gasteiger partial charge in [0.25, 0.3) is 0 Å². The van der Waals surface area contributed by atoms with E-state index in [0.717, 1.165) is 22.7 Å². The van der Waals surface area contributed by atoms with Crippen LogP contribution in [0.4, 0.5) is 17.1 Å². The summed E-state index contributed by atoms with van der Waals surface area (Å²) in [5.74, 6) is 0. The van der Waals surface area contributed by atoms with Gasteiger partial charge in [0.05, 0.1) is 22.1 Å². The summed E-state index contributed by atoms with van der Waals surface area (Å²) >= 11 is 0. The van der Waals surface area contributed by atoms with Crippen molar-refractivity contribution in [3.63, 3.8) is 0 Å². The molecule has 0 atom stereocenters. The first kappa shape index (κ1) is 34.5. The van der Waals surface area contributed by atoms with Crippen LogP contribution in [0.25, 0.3) is 82.1 Å². The van der Waals surface area contributed by atoms with Gasteiger partial charge in [-0.25, -0.2) is 0 Å². The van der Waals surface area contributed by atoms with Crippen LogP contribution in [0.5, 0.6) is 0 Å². The SMILES string of the molecule is c1ccc(-n2c3ccccc3c3ccc(N(c4ccc5c(c4)C4(c6ccccc6-c6ccccc64)c4ccccc4-5)c4cccc5c6ccccc6c6ccccc6c45)cc32)cc1. The Hall–Kier alpha value is -8.20. The number of nitrogens with zero attached hydrogens (tertiary/aromatic N) is 2. The van der Waals surface area contributed by atoms with Crippen molar-refractivity contribution in [2.24, 2.45) is 0 Å². The van der Waals surface area contributed by atoms with Gasteiger partial charge in [-0.1, -0.05) is 182 Å².